The number of nitriles is 1. The van der Waals surface area contributed by atoms with Gasteiger partial charge in [-0.05, 0) is 6.07 Å². The van der Waals surface area contributed by atoms with Crippen LogP contribution in [0.4, 0.5) is 4.39 Å². The third-order valence-electron chi connectivity index (χ3n) is 1.51. The maximum atomic E-state index is 12.8. The average molecular weight is 194 g/mol. The van der Waals surface area contributed by atoms with Crippen molar-refractivity contribution in [2.45, 2.75) is 6.42 Å². The lowest BCUT2D eigenvalue weighted by Crippen LogP contribution is -2.07. The molecule has 0 aliphatic carbocycles. The molecule has 0 atom stereocenters. The molecular weight excluding hydrogens is 187 g/mol. The smallest absolute Gasteiger partial charge is 0.311 e. The van der Waals surface area contributed by atoms with Gasteiger partial charge < -0.3 is 4.74 Å². The van der Waals surface area contributed by atoms with Gasteiger partial charge in [0, 0.05) is 6.07 Å². The SMILES string of the molecule is COC(=O)Cc1cc(F)cc(C#N)n1. The van der Waals surface area contributed by atoms with Crippen molar-refractivity contribution in [2.75, 3.05) is 7.11 Å². The highest BCUT2D eigenvalue weighted by molar-refractivity contribution is 5.71. The molecular formula is C9H7FN2O2. The van der Waals surface area contributed by atoms with E-state index in [0.717, 1.165) is 12.1 Å². The molecule has 1 aromatic heterocycles. The molecule has 4 nitrogen and oxygen atoms in total. The van der Waals surface area contributed by atoms with Gasteiger partial charge in [-0.15, -0.1) is 0 Å². The predicted octanol–water partition coefficient (Wildman–Crippen LogP) is 0.808. The molecule has 0 unspecified atom stereocenters. The molecule has 0 saturated heterocycles. The van der Waals surface area contributed by atoms with Crippen LogP contribution >= 0.6 is 0 Å². The molecule has 1 heterocycles. The molecule has 72 valence electrons. The number of hydrogen-bond donors (Lipinski definition) is 0. The Balaban J connectivity index is 2.93. The second-order valence-electron chi connectivity index (χ2n) is 2.53. The predicted molar refractivity (Wildman–Crippen MR) is 44.6 cm³/mol. The molecule has 5 heteroatoms. The number of hydrogen-bond acceptors (Lipinski definition) is 4. The van der Waals surface area contributed by atoms with Crippen molar-refractivity contribution in [3.8, 4) is 6.07 Å². The van der Waals surface area contributed by atoms with Crippen LogP contribution in [0.2, 0.25) is 0 Å². The fourth-order valence-corrected chi connectivity index (χ4v) is 0.919. The van der Waals surface area contributed by atoms with Gasteiger partial charge in [-0.2, -0.15) is 5.26 Å². The number of carbonyl (C=O) groups is 1. The fraction of sp³-hybridized carbons (Fsp3) is 0.222. The summed E-state index contributed by atoms with van der Waals surface area (Å²) in [7, 11) is 1.23. The zero-order valence-corrected chi connectivity index (χ0v) is 7.45. The molecule has 0 aliphatic heterocycles. The minimum absolute atomic E-state index is 0.0519. The summed E-state index contributed by atoms with van der Waals surface area (Å²) in [6.07, 6.45) is -0.136. The normalized spacial score (nSPS) is 9.21. The molecule has 0 spiro atoms. The van der Waals surface area contributed by atoms with E-state index in [1.165, 1.54) is 7.11 Å². The van der Waals surface area contributed by atoms with Crippen molar-refractivity contribution in [1.82, 2.24) is 4.98 Å². The number of methoxy groups -OCH3 is 1. The van der Waals surface area contributed by atoms with Gasteiger partial charge in [-0.3, -0.25) is 4.79 Å². The third kappa shape index (κ3) is 2.52. The van der Waals surface area contributed by atoms with E-state index in [1.807, 2.05) is 0 Å². The molecule has 0 aliphatic rings. The molecule has 1 rings (SSSR count). The van der Waals surface area contributed by atoms with E-state index >= 15 is 0 Å². The van der Waals surface area contributed by atoms with E-state index < -0.39 is 11.8 Å². The van der Waals surface area contributed by atoms with Crippen LogP contribution in [0.3, 0.4) is 0 Å². The van der Waals surface area contributed by atoms with Crippen LogP contribution in [0.5, 0.6) is 0 Å². The number of esters is 1. The number of pyridine rings is 1. The molecule has 0 fully saturated rings. The van der Waals surface area contributed by atoms with E-state index in [4.69, 9.17) is 5.26 Å². The van der Waals surface area contributed by atoms with Gasteiger partial charge in [0.25, 0.3) is 0 Å². The molecule has 0 radical (unpaired) electrons. The number of ether oxygens (including phenoxy) is 1. The number of aromatic nitrogens is 1. The van der Waals surface area contributed by atoms with Gasteiger partial charge in [-0.25, -0.2) is 9.37 Å². The van der Waals surface area contributed by atoms with E-state index in [2.05, 4.69) is 9.72 Å². The van der Waals surface area contributed by atoms with Crippen LogP contribution in [-0.4, -0.2) is 18.1 Å². The Morgan fingerprint density at radius 1 is 1.71 bits per heavy atom. The lowest BCUT2D eigenvalue weighted by molar-refractivity contribution is -0.139. The number of nitrogens with zero attached hydrogens (tertiary/aromatic N) is 2. The van der Waals surface area contributed by atoms with Crippen LogP contribution < -0.4 is 0 Å². The largest absolute Gasteiger partial charge is 0.469 e. The van der Waals surface area contributed by atoms with Gasteiger partial charge in [-0.1, -0.05) is 0 Å². The summed E-state index contributed by atoms with van der Waals surface area (Å²) in [5.74, 6) is -1.11. The quantitative estimate of drug-likeness (QED) is 0.653. The highest BCUT2D eigenvalue weighted by atomic mass is 19.1. The maximum absolute atomic E-state index is 12.8. The lowest BCUT2D eigenvalue weighted by atomic mass is 10.2. The summed E-state index contributed by atoms with van der Waals surface area (Å²) in [5.41, 5.74) is 0.136. The molecule has 1 aromatic rings. The second-order valence-corrected chi connectivity index (χ2v) is 2.53. The number of rotatable bonds is 2. The van der Waals surface area contributed by atoms with E-state index in [-0.39, 0.29) is 17.8 Å². The third-order valence-corrected chi connectivity index (χ3v) is 1.51. The van der Waals surface area contributed by atoms with Gasteiger partial charge >= 0.3 is 5.97 Å². The first-order valence-corrected chi connectivity index (χ1v) is 3.79. The highest BCUT2D eigenvalue weighted by Crippen LogP contribution is 2.05. The van der Waals surface area contributed by atoms with Crippen molar-refractivity contribution in [2.24, 2.45) is 0 Å². The van der Waals surface area contributed by atoms with Crippen molar-refractivity contribution in [3.63, 3.8) is 0 Å². The molecule has 0 N–H and O–H groups in total. The Hall–Kier alpha value is -1.96. The summed E-state index contributed by atoms with van der Waals surface area (Å²) in [6, 6.07) is 3.79. The van der Waals surface area contributed by atoms with Crippen molar-refractivity contribution < 1.29 is 13.9 Å². The minimum atomic E-state index is -0.588. The van der Waals surface area contributed by atoms with Crippen LogP contribution in [0.25, 0.3) is 0 Å². The van der Waals surface area contributed by atoms with E-state index in [1.54, 1.807) is 6.07 Å². The average Bonchev–Trinajstić information content (AvgIpc) is 2.16. The Morgan fingerprint density at radius 2 is 2.43 bits per heavy atom. The van der Waals surface area contributed by atoms with Gasteiger partial charge in [0.15, 0.2) is 0 Å². The molecule has 0 aromatic carbocycles. The van der Waals surface area contributed by atoms with Crippen molar-refractivity contribution in [1.29, 1.82) is 5.26 Å². The first kappa shape index (κ1) is 10.1. The summed E-state index contributed by atoms with van der Waals surface area (Å²) in [6.45, 7) is 0. The Labute approximate surface area is 79.9 Å². The number of halogens is 1. The zero-order chi connectivity index (χ0) is 10.6. The van der Waals surface area contributed by atoms with Crippen LogP contribution in [0, 0.1) is 17.1 Å². The topological polar surface area (TPSA) is 63.0 Å². The lowest BCUT2D eigenvalue weighted by Gasteiger charge is -1.99. The summed E-state index contributed by atoms with van der Waals surface area (Å²) >= 11 is 0. The minimum Gasteiger partial charge on any atom is -0.469 e. The van der Waals surface area contributed by atoms with Gasteiger partial charge in [0.05, 0.1) is 19.2 Å². The van der Waals surface area contributed by atoms with Crippen LogP contribution in [0.15, 0.2) is 12.1 Å². The Morgan fingerprint density at radius 3 is 3.00 bits per heavy atom. The standard InChI is InChI=1S/C9H7FN2O2/c1-14-9(13)4-7-2-6(10)3-8(5-11)12-7/h2-3H,4H2,1H3. The zero-order valence-electron chi connectivity index (χ0n) is 7.45. The van der Waals surface area contributed by atoms with E-state index in [9.17, 15) is 9.18 Å². The fourth-order valence-electron chi connectivity index (χ4n) is 0.919. The van der Waals surface area contributed by atoms with Gasteiger partial charge in [0.1, 0.15) is 17.6 Å². The van der Waals surface area contributed by atoms with Crippen molar-refractivity contribution >= 4 is 5.97 Å². The molecule has 14 heavy (non-hydrogen) atoms. The Kier molecular flexibility index (Phi) is 3.13. The van der Waals surface area contributed by atoms with Crippen LogP contribution in [0.1, 0.15) is 11.4 Å². The Bertz CT molecular complexity index is 398. The van der Waals surface area contributed by atoms with Crippen molar-refractivity contribution in [3.05, 3.63) is 29.3 Å². The monoisotopic (exact) mass is 194 g/mol. The van der Waals surface area contributed by atoms with Crippen LogP contribution in [-0.2, 0) is 16.0 Å². The first-order chi connectivity index (χ1) is 6.65. The highest BCUT2D eigenvalue weighted by Gasteiger charge is 2.07. The number of carbonyl (C=O) groups excluding carboxylic acids is 1. The molecule has 0 saturated carbocycles. The molecule has 0 amide bonds. The molecule has 0 bridgehead atoms. The van der Waals surface area contributed by atoms with E-state index in [0.29, 0.717) is 0 Å². The maximum Gasteiger partial charge on any atom is 0.311 e. The second kappa shape index (κ2) is 4.33. The first-order valence-electron chi connectivity index (χ1n) is 3.79. The summed E-state index contributed by atoms with van der Waals surface area (Å²) < 4.78 is 17.2. The van der Waals surface area contributed by atoms with Gasteiger partial charge in [0.2, 0.25) is 0 Å². The summed E-state index contributed by atoms with van der Waals surface area (Å²) in [5, 5.41) is 8.48. The summed E-state index contributed by atoms with van der Waals surface area (Å²) in [4.78, 5) is 14.6.